The summed E-state index contributed by atoms with van der Waals surface area (Å²) in [5, 5.41) is 3.39. The minimum atomic E-state index is -0.979. The Morgan fingerprint density at radius 2 is 1.74 bits per heavy atom. The zero-order valence-electron chi connectivity index (χ0n) is 14.5. The molecule has 0 bridgehead atoms. The van der Waals surface area contributed by atoms with E-state index in [9.17, 15) is 9.59 Å². The van der Waals surface area contributed by atoms with Crippen molar-refractivity contribution in [1.29, 1.82) is 0 Å². The molecule has 0 saturated heterocycles. The Kier molecular flexibility index (Phi) is 6.08. The first-order chi connectivity index (χ1) is 12.9. The molecule has 1 amide bonds. The molecule has 27 heavy (non-hydrogen) atoms. The molecule has 0 spiro atoms. The fourth-order valence-electron chi connectivity index (χ4n) is 2.53. The third kappa shape index (κ3) is 5.28. The van der Waals surface area contributed by atoms with Crippen molar-refractivity contribution in [3.63, 3.8) is 0 Å². The summed E-state index contributed by atoms with van der Waals surface area (Å²) in [6.07, 6.45) is -0.968. The molecule has 1 N–H and O–H groups in total. The average molecular weight is 410 g/mol. The lowest BCUT2D eigenvalue weighted by molar-refractivity contribution is -0.152. The Hall–Kier alpha value is -2.44. The number of halogens is 2. The third-order valence-corrected chi connectivity index (χ3v) is 4.20. The van der Waals surface area contributed by atoms with Crippen LogP contribution in [0.5, 0.6) is 11.5 Å². The zero-order valence-corrected chi connectivity index (χ0v) is 16.0. The normalized spacial score (nSPS) is 13.6. The molecule has 0 radical (unpaired) electrons. The van der Waals surface area contributed by atoms with Gasteiger partial charge in [0.1, 0.15) is 13.2 Å². The van der Waals surface area contributed by atoms with Crippen molar-refractivity contribution in [3.8, 4) is 11.5 Å². The van der Waals surface area contributed by atoms with Crippen LogP contribution in [0.4, 0.5) is 5.69 Å². The van der Waals surface area contributed by atoms with Gasteiger partial charge in [-0.15, -0.1) is 0 Å². The number of benzene rings is 2. The third-order valence-electron chi connectivity index (χ3n) is 3.76. The highest BCUT2D eigenvalue weighted by atomic mass is 35.5. The van der Waals surface area contributed by atoms with Gasteiger partial charge in [-0.25, -0.2) is 0 Å². The first-order valence-corrected chi connectivity index (χ1v) is 9.01. The quantitative estimate of drug-likeness (QED) is 0.758. The number of ether oxygens (including phenoxy) is 3. The number of hydrogen-bond donors (Lipinski definition) is 1. The van der Waals surface area contributed by atoms with E-state index in [4.69, 9.17) is 37.4 Å². The van der Waals surface area contributed by atoms with Crippen LogP contribution in [0.25, 0.3) is 0 Å². The Balaban J connectivity index is 1.56. The zero-order chi connectivity index (χ0) is 19.4. The molecule has 0 fully saturated rings. The van der Waals surface area contributed by atoms with E-state index in [1.807, 2.05) is 0 Å². The van der Waals surface area contributed by atoms with Gasteiger partial charge in [0, 0.05) is 15.7 Å². The fourth-order valence-corrected chi connectivity index (χ4v) is 3.05. The Morgan fingerprint density at radius 3 is 2.44 bits per heavy atom. The summed E-state index contributed by atoms with van der Waals surface area (Å²) in [5.74, 6) is 0.226. The van der Waals surface area contributed by atoms with Gasteiger partial charge in [-0.2, -0.15) is 0 Å². The maximum Gasteiger partial charge on any atom is 0.311 e. The largest absolute Gasteiger partial charge is 0.486 e. The van der Waals surface area contributed by atoms with Crippen LogP contribution in [0.2, 0.25) is 10.0 Å². The summed E-state index contributed by atoms with van der Waals surface area (Å²) >= 11 is 11.8. The minimum absolute atomic E-state index is 0.0112. The predicted octanol–water partition coefficient (Wildman–Crippen LogP) is 3.88. The minimum Gasteiger partial charge on any atom is -0.486 e. The molecule has 2 aromatic carbocycles. The van der Waals surface area contributed by atoms with Crippen LogP contribution < -0.4 is 14.8 Å². The van der Waals surface area contributed by atoms with Gasteiger partial charge >= 0.3 is 5.97 Å². The van der Waals surface area contributed by atoms with Gasteiger partial charge in [0.05, 0.1) is 6.42 Å². The van der Waals surface area contributed by atoms with E-state index in [0.29, 0.717) is 46.0 Å². The molecule has 0 aliphatic carbocycles. The highest BCUT2D eigenvalue weighted by molar-refractivity contribution is 6.35. The highest BCUT2D eigenvalue weighted by Gasteiger charge is 2.19. The average Bonchev–Trinajstić information content (AvgIpc) is 2.60. The first-order valence-electron chi connectivity index (χ1n) is 8.25. The molecule has 0 unspecified atom stereocenters. The smallest absolute Gasteiger partial charge is 0.311 e. The van der Waals surface area contributed by atoms with Crippen LogP contribution in [-0.4, -0.2) is 31.2 Å². The van der Waals surface area contributed by atoms with Gasteiger partial charge in [-0.3, -0.25) is 9.59 Å². The van der Waals surface area contributed by atoms with Gasteiger partial charge < -0.3 is 19.5 Å². The molecule has 0 saturated carbocycles. The Labute approximate surface area is 166 Å². The molecule has 2 aromatic rings. The number of fused-ring (bicyclic) bond motifs is 1. The van der Waals surface area contributed by atoms with E-state index in [0.717, 1.165) is 0 Å². The van der Waals surface area contributed by atoms with Crippen molar-refractivity contribution in [2.45, 2.75) is 19.4 Å². The lowest BCUT2D eigenvalue weighted by atomic mass is 10.1. The van der Waals surface area contributed by atoms with E-state index in [-0.39, 0.29) is 6.42 Å². The molecule has 1 atom stereocenters. The predicted molar refractivity (Wildman–Crippen MR) is 102 cm³/mol. The van der Waals surface area contributed by atoms with Gasteiger partial charge in [-0.1, -0.05) is 29.3 Å². The van der Waals surface area contributed by atoms with Crippen LogP contribution in [-0.2, 0) is 20.7 Å². The van der Waals surface area contributed by atoms with Crippen LogP contribution in [0.3, 0.4) is 0 Å². The number of carbonyl (C=O) groups excluding carboxylic acids is 2. The second-order valence-corrected chi connectivity index (χ2v) is 6.81. The van der Waals surface area contributed by atoms with Crippen LogP contribution in [0, 0.1) is 0 Å². The summed E-state index contributed by atoms with van der Waals surface area (Å²) in [6.45, 7) is 2.45. The number of carbonyl (C=O) groups is 2. The second kappa shape index (κ2) is 8.50. The maximum absolute atomic E-state index is 12.2. The number of rotatable bonds is 5. The van der Waals surface area contributed by atoms with Gasteiger partial charge in [0.2, 0.25) is 0 Å². The SMILES string of the molecule is C[C@H](OC(=O)Cc1ccc2c(c1)OCCO2)C(=O)Nc1cc(Cl)cc(Cl)c1. The number of hydrogen-bond acceptors (Lipinski definition) is 5. The lowest BCUT2D eigenvalue weighted by Crippen LogP contribution is -2.30. The molecule has 1 aliphatic heterocycles. The number of anilines is 1. The monoisotopic (exact) mass is 409 g/mol. The standard InChI is InChI=1S/C19H17Cl2NO5/c1-11(19(24)22-15-9-13(20)8-14(21)10-15)27-18(23)7-12-2-3-16-17(6-12)26-5-4-25-16/h2-3,6,8-11H,4-5,7H2,1H3,(H,22,24)/t11-/m0/s1. The van der Waals surface area contributed by atoms with Gasteiger partial charge in [0.15, 0.2) is 17.6 Å². The Bertz CT molecular complexity index is 851. The molecule has 1 heterocycles. The van der Waals surface area contributed by atoms with Crippen LogP contribution in [0.1, 0.15) is 12.5 Å². The van der Waals surface area contributed by atoms with E-state index in [1.165, 1.54) is 6.92 Å². The summed E-state index contributed by atoms with van der Waals surface area (Å²) in [4.78, 5) is 24.3. The molecule has 6 nitrogen and oxygen atoms in total. The Morgan fingerprint density at radius 1 is 1.07 bits per heavy atom. The van der Waals surface area contributed by atoms with E-state index in [2.05, 4.69) is 5.32 Å². The summed E-state index contributed by atoms with van der Waals surface area (Å²) in [6, 6.07) is 9.89. The van der Waals surface area contributed by atoms with Crippen molar-refractivity contribution >= 4 is 40.8 Å². The summed E-state index contributed by atoms with van der Waals surface area (Å²) in [7, 11) is 0. The molecule has 3 rings (SSSR count). The highest BCUT2D eigenvalue weighted by Crippen LogP contribution is 2.31. The van der Waals surface area contributed by atoms with Gasteiger partial charge in [-0.05, 0) is 42.8 Å². The maximum atomic E-state index is 12.2. The van der Waals surface area contributed by atoms with Crippen molar-refractivity contribution in [1.82, 2.24) is 0 Å². The lowest BCUT2D eigenvalue weighted by Gasteiger charge is -2.19. The number of amides is 1. The second-order valence-electron chi connectivity index (χ2n) is 5.93. The van der Waals surface area contributed by atoms with Gasteiger partial charge in [0.25, 0.3) is 5.91 Å². The summed E-state index contributed by atoms with van der Waals surface area (Å²) < 4.78 is 16.1. The van der Waals surface area contributed by atoms with E-state index in [1.54, 1.807) is 36.4 Å². The van der Waals surface area contributed by atoms with Crippen LogP contribution >= 0.6 is 23.2 Å². The van der Waals surface area contributed by atoms with Crippen molar-refractivity contribution in [3.05, 3.63) is 52.0 Å². The first kappa shape index (κ1) is 19.3. The van der Waals surface area contributed by atoms with Crippen LogP contribution in [0.15, 0.2) is 36.4 Å². The van der Waals surface area contributed by atoms with Crippen molar-refractivity contribution < 1.29 is 23.8 Å². The molecule has 1 aliphatic rings. The number of nitrogens with one attached hydrogen (secondary N) is 1. The van der Waals surface area contributed by atoms with Crippen molar-refractivity contribution in [2.24, 2.45) is 0 Å². The molecule has 8 heteroatoms. The molecular formula is C19H17Cl2NO5. The fraction of sp³-hybridized carbons (Fsp3) is 0.263. The summed E-state index contributed by atoms with van der Waals surface area (Å²) in [5.41, 5.74) is 1.13. The number of esters is 1. The molecule has 0 aromatic heterocycles. The molecule has 142 valence electrons. The van der Waals surface area contributed by atoms with Crippen molar-refractivity contribution in [2.75, 3.05) is 18.5 Å². The topological polar surface area (TPSA) is 73.9 Å². The van der Waals surface area contributed by atoms with E-state index >= 15 is 0 Å². The molecular weight excluding hydrogens is 393 g/mol. The van der Waals surface area contributed by atoms with E-state index < -0.39 is 18.0 Å².